The zero-order valence-corrected chi connectivity index (χ0v) is 15.3. The number of fused-ring (bicyclic) bond motifs is 1. The summed E-state index contributed by atoms with van der Waals surface area (Å²) in [6, 6.07) is 4.22. The van der Waals surface area contributed by atoms with Gasteiger partial charge in [-0.2, -0.15) is 4.68 Å². The van der Waals surface area contributed by atoms with E-state index >= 15 is 0 Å². The van der Waals surface area contributed by atoms with Crippen molar-refractivity contribution in [3.63, 3.8) is 0 Å². The Bertz CT molecular complexity index is 882. The number of phenols is 1. The van der Waals surface area contributed by atoms with Crippen LogP contribution in [0.4, 0.5) is 5.95 Å². The predicted molar refractivity (Wildman–Crippen MR) is 92.8 cm³/mol. The van der Waals surface area contributed by atoms with Gasteiger partial charge in [0.05, 0.1) is 12.7 Å². The number of hydrogen-bond acceptors (Lipinski definition) is 8. The highest BCUT2D eigenvalue weighted by Gasteiger charge is 2.36. The molecule has 138 valence electrons. The maximum Gasteiger partial charge on any atom is 0.338 e. The summed E-state index contributed by atoms with van der Waals surface area (Å²) in [6.07, 6.45) is 0. The van der Waals surface area contributed by atoms with Gasteiger partial charge in [0.15, 0.2) is 11.5 Å². The standard InChI is InChI=1S/C17H21N5O4/c1-9-13(15(24)26-17(2,3)4)14(22-16(18-9)19-20-21-22)10-6-7-11(23)12(8-10)25-5/h6-8,14,23H,1-5H3,(H,18,19,21). The van der Waals surface area contributed by atoms with Gasteiger partial charge in [0.2, 0.25) is 5.95 Å². The third kappa shape index (κ3) is 3.19. The average molecular weight is 359 g/mol. The molecule has 9 heteroatoms. The topological polar surface area (TPSA) is 111 Å². The first kappa shape index (κ1) is 17.7. The van der Waals surface area contributed by atoms with Crippen molar-refractivity contribution in [2.45, 2.75) is 39.3 Å². The number of methoxy groups -OCH3 is 1. The second-order valence-electron chi connectivity index (χ2n) is 6.95. The lowest BCUT2D eigenvalue weighted by molar-refractivity contribution is -0.150. The van der Waals surface area contributed by atoms with E-state index in [9.17, 15) is 9.90 Å². The number of tetrazole rings is 1. The number of aromatic hydroxyl groups is 1. The van der Waals surface area contributed by atoms with Crippen molar-refractivity contribution in [1.29, 1.82) is 0 Å². The van der Waals surface area contributed by atoms with E-state index in [-0.39, 0.29) is 11.5 Å². The lowest BCUT2D eigenvalue weighted by Gasteiger charge is -2.29. The smallest absolute Gasteiger partial charge is 0.338 e. The summed E-state index contributed by atoms with van der Waals surface area (Å²) in [4.78, 5) is 12.9. The van der Waals surface area contributed by atoms with E-state index in [1.807, 2.05) is 0 Å². The first-order chi connectivity index (χ1) is 12.2. The van der Waals surface area contributed by atoms with Gasteiger partial charge in [-0.05, 0) is 55.8 Å². The number of benzene rings is 1. The minimum Gasteiger partial charge on any atom is -0.504 e. The van der Waals surface area contributed by atoms with Crippen molar-refractivity contribution in [1.82, 2.24) is 20.2 Å². The Morgan fingerprint density at radius 3 is 2.73 bits per heavy atom. The molecule has 0 bridgehead atoms. The van der Waals surface area contributed by atoms with Crippen LogP contribution in [0.15, 0.2) is 29.5 Å². The van der Waals surface area contributed by atoms with Gasteiger partial charge in [-0.25, -0.2) is 4.79 Å². The van der Waals surface area contributed by atoms with Crippen LogP contribution in [-0.2, 0) is 9.53 Å². The van der Waals surface area contributed by atoms with Crippen LogP contribution in [0.25, 0.3) is 0 Å². The van der Waals surface area contributed by atoms with Crippen molar-refractivity contribution in [2.75, 3.05) is 12.4 Å². The Kier molecular flexibility index (Phi) is 4.31. The minimum absolute atomic E-state index is 0.00152. The monoisotopic (exact) mass is 359 g/mol. The number of hydrogen-bond donors (Lipinski definition) is 2. The van der Waals surface area contributed by atoms with Crippen molar-refractivity contribution >= 4 is 11.9 Å². The van der Waals surface area contributed by atoms with E-state index < -0.39 is 17.6 Å². The summed E-state index contributed by atoms with van der Waals surface area (Å²) >= 11 is 0. The molecule has 2 aromatic rings. The Labute approximate surface area is 150 Å². The highest BCUT2D eigenvalue weighted by molar-refractivity contribution is 5.92. The lowest BCUT2D eigenvalue weighted by atomic mass is 9.95. The van der Waals surface area contributed by atoms with Crippen LogP contribution in [0.5, 0.6) is 11.5 Å². The predicted octanol–water partition coefficient (Wildman–Crippen LogP) is 2.02. The quantitative estimate of drug-likeness (QED) is 0.801. The molecule has 1 unspecified atom stereocenters. The molecule has 0 aliphatic carbocycles. The number of aromatic nitrogens is 4. The summed E-state index contributed by atoms with van der Waals surface area (Å²) in [5.41, 5.74) is 1.00. The summed E-state index contributed by atoms with van der Waals surface area (Å²) in [5, 5.41) is 24.5. The van der Waals surface area contributed by atoms with Gasteiger partial charge in [-0.3, -0.25) is 0 Å². The number of phenolic OH excluding ortho intramolecular Hbond substituents is 1. The van der Waals surface area contributed by atoms with Crippen LogP contribution in [0.1, 0.15) is 39.3 Å². The van der Waals surface area contributed by atoms with Crippen molar-refractivity contribution in [3.05, 3.63) is 35.0 Å². The first-order valence-electron chi connectivity index (χ1n) is 8.07. The molecule has 0 spiro atoms. The Morgan fingerprint density at radius 1 is 1.35 bits per heavy atom. The molecular weight excluding hydrogens is 338 g/mol. The van der Waals surface area contributed by atoms with Crippen molar-refractivity contribution in [2.24, 2.45) is 0 Å². The number of carbonyl (C=O) groups is 1. The largest absolute Gasteiger partial charge is 0.504 e. The van der Waals surface area contributed by atoms with E-state index in [1.54, 1.807) is 39.8 Å². The molecule has 1 aromatic carbocycles. The lowest BCUT2D eigenvalue weighted by Crippen LogP contribution is -2.33. The molecular formula is C17H21N5O4. The molecule has 1 aliphatic heterocycles. The van der Waals surface area contributed by atoms with E-state index in [2.05, 4.69) is 20.8 Å². The number of rotatable bonds is 3. The molecule has 0 saturated carbocycles. The summed E-state index contributed by atoms with van der Waals surface area (Å²) < 4.78 is 12.3. The van der Waals surface area contributed by atoms with Gasteiger partial charge in [-0.1, -0.05) is 11.2 Å². The normalized spacial score (nSPS) is 16.7. The molecule has 1 aromatic heterocycles. The van der Waals surface area contributed by atoms with E-state index in [4.69, 9.17) is 9.47 Å². The maximum absolute atomic E-state index is 12.9. The number of allylic oxidation sites excluding steroid dienone is 1. The second kappa shape index (κ2) is 6.32. The van der Waals surface area contributed by atoms with Crippen LogP contribution in [0, 0.1) is 0 Å². The molecule has 0 saturated heterocycles. The Balaban J connectivity index is 2.13. The summed E-state index contributed by atoms with van der Waals surface area (Å²) in [6.45, 7) is 7.18. The SMILES string of the molecule is COc1cc(C2C(C(=O)OC(C)(C)C)=C(C)Nc3nnnn32)ccc1O. The molecule has 1 atom stereocenters. The van der Waals surface area contributed by atoms with Gasteiger partial charge >= 0.3 is 5.97 Å². The van der Waals surface area contributed by atoms with E-state index in [1.165, 1.54) is 17.9 Å². The fraction of sp³-hybridized carbons (Fsp3) is 0.412. The zero-order valence-electron chi connectivity index (χ0n) is 15.3. The molecule has 0 amide bonds. The molecule has 3 rings (SSSR count). The number of nitrogens with one attached hydrogen (secondary N) is 1. The molecule has 9 nitrogen and oxygen atoms in total. The van der Waals surface area contributed by atoms with Crippen LogP contribution >= 0.6 is 0 Å². The summed E-state index contributed by atoms with van der Waals surface area (Å²) in [5.74, 6) is 0.228. The number of carbonyl (C=O) groups excluding carboxylic acids is 1. The van der Waals surface area contributed by atoms with Crippen LogP contribution in [0.2, 0.25) is 0 Å². The van der Waals surface area contributed by atoms with Gasteiger partial charge < -0.3 is 19.9 Å². The van der Waals surface area contributed by atoms with Crippen LogP contribution < -0.4 is 10.1 Å². The highest BCUT2D eigenvalue weighted by atomic mass is 16.6. The first-order valence-corrected chi connectivity index (χ1v) is 8.07. The molecule has 0 fully saturated rings. The third-order valence-corrected chi connectivity index (χ3v) is 3.85. The van der Waals surface area contributed by atoms with Crippen LogP contribution in [0.3, 0.4) is 0 Å². The maximum atomic E-state index is 12.9. The molecule has 0 radical (unpaired) electrons. The molecule has 1 aliphatic rings. The molecule has 26 heavy (non-hydrogen) atoms. The molecule has 2 heterocycles. The summed E-state index contributed by atoms with van der Waals surface area (Å²) in [7, 11) is 1.46. The average Bonchev–Trinajstić information content (AvgIpc) is 3.00. The van der Waals surface area contributed by atoms with Gasteiger partial charge in [0, 0.05) is 5.70 Å². The Hall–Kier alpha value is -3.10. The third-order valence-electron chi connectivity index (χ3n) is 3.85. The fourth-order valence-electron chi connectivity index (χ4n) is 2.78. The van der Waals surface area contributed by atoms with Gasteiger partial charge in [-0.15, -0.1) is 0 Å². The minimum atomic E-state index is -0.650. The van der Waals surface area contributed by atoms with Crippen LogP contribution in [-0.4, -0.2) is 44.0 Å². The number of anilines is 1. The number of ether oxygens (including phenoxy) is 2. The van der Waals surface area contributed by atoms with Gasteiger partial charge in [0.25, 0.3) is 0 Å². The van der Waals surface area contributed by atoms with Gasteiger partial charge in [0.1, 0.15) is 11.6 Å². The fourth-order valence-corrected chi connectivity index (χ4v) is 2.78. The number of nitrogens with zero attached hydrogens (tertiary/aromatic N) is 4. The van der Waals surface area contributed by atoms with E-state index in [0.29, 0.717) is 22.8 Å². The van der Waals surface area contributed by atoms with Crippen molar-refractivity contribution in [3.8, 4) is 11.5 Å². The molecule has 2 N–H and O–H groups in total. The zero-order chi connectivity index (χ0) is 19.1. The second-order valence-corrected chi connectivity index (χ2v) is 6.95. The Morgan fingerprint density at radius 2 is 2.08 bits per heavy atom. The van der Waals surface area contributed by atoms with Crippen molar-refractivity contribution < 1.29 is 19.4 Å². The van der Waals surface area contributed by atoms with E-state index in [0.717, 1.165) is 0 Å². The highest BCUT2D eigenvalue weighted by Crippen LogP contribution is 2.38. The number of esters is 1.